The third kappa shape index (κ3) is 3.09. The zero-order valence-corrected chi connectivity index (χ0v) is 13.4. The summed E-state index contributed by atoms with van der Waals surface area (Å²) >= 11 is 0. The van der Waals surface area contributed by atoms with Gasteiger partial charge in [-0.05, 0) is 55.7 Å². The maximum absolute atomic E-state index is 12.6. The van der Waals surface area contributed by atoms with Gasteiger partial charge in [0.1, 0.15) is 0 Å². The van der Waals surface area contributed by atoms with Crippen LogP contribution in [0.25, 0.3) is 0 Å². The number of hydrogen-bond acceptors (Lipinski definition) is 3. The maximum atomic E-state index is 12.6. The standard InChI is InChI=1S/C16H24N2O2S/c1-12-8-9-15(14-7-4-10-17-16(12)14)21(19,20)18-11-13-5-2-3-6-13/h8-9,13,17-18H,2-7,10-11H2,1H3. The number of fused-ring (bicyclic) bond motifs is 1. The predicted octanol–water partition coefficient (Wildman–Crippen LogP) is 2.82. The monoisotopic (exact) mass is 308 g/mol. The molecule has 3 rings (SSSR count). The van der Waals surface area contributed by atoms with Crippen LogP contribution in [-0.2, 0) is 16.4 Å². The van der Waals surface area contributed by atoms with Gasteiger partial charge in [0.05, 0.1) is 4.90 Å². The van der Waals surface area contributed by atoms with E-state index in [1.807, 2.05) is 13.0 Å². The number of sulfonamides is 1. The van der Waals surface area contributed by atoms with E-state index in [-0.39, 0.29) is 0 Å². The molecule has 2 aliphatic rings. The third-order valence-electron chi connectivity index (χ3n) is 4.71. The van der Waals surface area contributed by atoms with E-state index >= 15 is 0 Å². The molecular weight excluding hydrogens is 284 g/mol. The van der Waals surface area contributed by atoms with Gasteiger partial charge in [0, 0.05) is 18.8 Å². The van der Waals surface area contributed by atoms with E-state index in [1.54, 1.807) is 6.07 Å². The van der Waals surface area contributed by atoms with E-state index in [1.165, 1.54) is 12.8 Å². The maximum Gasteiger partial charge on any atom is 0.240 e. The quantitative estimate of drug-likeness (QED) is 0.899. The summed E-state index contributed by atoms with van der Waals surface area (Å²) in [4.78, 5) is 0.466. The van der Waals surface area contributed by atoms with Crippen LogP contribution in [0, 0.1) is 12.8 Å². The lowest BCUT2D eigenvalue weighted by Gasteiger charge is -2.23. The minimum absolute atomic E-state index is 0.466. The molecule has 1 aromatic rings. The molecule has 0 bridgehead atoms. The Bertz CT molecular complexity index is 619. The van der Waals surface area contributed by atoms with Crippen LogP contribution in [0.2, 0.25) is 0 Å². The molecule has 0 spiro atoms. The summed E-state index contributed by atoms with van der Waals surface area (Å²) in [5.41, 5.74) is 3.10. The van der Waals surface area contributed by atoms with Crippen LogP contribution in [0.5, 0.6) is 0 Å². The van der Waals surface area contributed by atoms with E-state index < -0.39 is 10.0 Å². The second-order valence-electron chi connectivity index (χ2n) is 6.27. The minimum atomic E-state index is -3.40. The van der Waals surface area contributed by atoms with Crippen LogP contribution in [0.3, 0.4) is 0 Å². The number of rotatable bonds is 4. The largest absolute Gasteiger partial charge is 0.385 e. The van der Waals surface area contributed by atoms with Crippen molar-refractivity contribution in [1.82, 2.24) is 4.72 Å². The fourth-order valence-corrected chi connectivity index (χ4v) is 4.88. The molecule has 21 heavy (non-hydrogen) atoms. The van der Waals surface area contributed by atoms with Gasteiger partial charge < -0.3 is 5.32 Å². The lowest BCUT2D eigenvalue weighted by molar-refractivity contribution is 0.519. The number of hydrogen-bond donors (Lipinski definition) is 2. The van der Waals surface area contributed by atoms with Crippen LogP contribution < -0.4 is 10.0 Å². The average molecular weight is 308 g/mol. The molecule has 4 nitrogen and oxygen atoms in total. The van der Waals surface area contributed by atoms with Crippen molar-refractivity contribution in [2.45, 2.75) is 50.3 Å². The normalized spacial score (nSPS) is 19.3. The van der Waals surface area contributed by atoms with Gasteiger partial charge >= 0.3 is 0 Å². The van der Waals surface area contributed by atoms with Crippen molar-refractivity contribution in [2.75, 3.05) is 18.4 Å². The summed E-state index contributed by atoms with van der Waals surface area (Å²) in [6.45, 7) is 3.53. The average Bonchev–Trinajstić information content (AvgIpc) is 2.99. The van der Waals surface area contributed by atoms with Crippen molar-refractivity contribution >= 4 is 15.7 Å². The molecule has 1 fully saturated rings. The van der Waals surface area contributed by atoms with Crippen LogP contribution in [0.1, 0.15) is 43.2 Å². The lowest BCUT2D eigenvalue weighted by Crippen LogP contribution is -2.30. The summed E-state index contributed by atoms with van der Waals surface area (Å²) in [6, 6.07) is 3.67. The Morgan fingerprint density at radius 2 is 2.00 bits per heavy atom. The number of aryl methyl sites for hydroxylation is 1. The zero-order chi connectivity index (χ0) is 14.9. The Kier molecular flexibility index (Phi) is 4.22. The van der Waals surface area contributed by atoms with Gasteiger partial charge in [-0.3, -0.25) is 0 Å². The Labute approximate surface area is 127 Å². The highest BCUT2D eigenvalue weighted by Gasteiger charge is 2.25. The Hall–Kier alpha value is -1.07. The van der Waals surface area contributed by atoms with Gasteiger partial charge in [0.2, 0.25) is 10.0 Å². The molecule has 0 radical (unpaired) electrons. The SMILES string of the molecule is Cc1ccc(S(=O)(=O)NCC2CCCC2)c2c1NCCC2. The topological polar surface area (TPSA) is 58.2 Å². The third-order valence-corrected chi connectivity index (χ3v) is 6.22. The van der Waals surface area contributed by atoms with Crippen LogP contribution >= 0.6 is 0 Å². The minimum Gasteiger partial charge on any atom is -0.385 e. The van der Waals surface area contributed by atoms with Crippen molar-refractivity contribution in [2.24, 2.45) is 5.92 Å². The van der Waals surface area contributed by atoms with Gasteiger partial charge in [-0.25, -0.2) is 13.1 Å². The van der Waals surface area contributed by atoms with Crippen LogP contribution in [-0.4, -0.2) is 21.5 Å². The summed E-state index contributed by atoms with van der Waals surface area (Å²) in [7, 11) is -3.40. The number of anilines is 1. The second-order valence-corrected chi connectivity index (χ2v) is 8.00. The van der Waals surface area contributed by atoms with Crippen molar-refractivity contribution in [1.29, 1.82) is 0 Å². The second kappa shape index (κ2) is 5.97. The first-order valence-corrected chi connectivity index (χ1v) is 9.42. The molecule has 1 aromatic carbocycles. The van der Waals surface area contributed by atoms with Crippen molar-refractivity contribution < 1.29 is 8.42 Å². The first kappa shape index (κ1) is 14.9. The first-order valence-electron chi connectivity index (χ1n) is 7.94. The molecule has 5 heteroatoms. The highest BCUT2D eigenvalue weighted by atomic mass is 32.2. The predicted molar refractivity (Wildman–Crippen MR) is 85.1 cm³/mol. The lowest BCUT2D eigenvalue weighted by atomic mass is 10.00. The molecule has 0 aromatic heterocycles. The molecule has 1 aliphatic heterocycles. The number of benzene rings is 1. The van der Waals surface area contributed by atoms with Gasteiger partial charge in [0.15, 0.2) is 0 Å². The van der Waals surface area contributed by atoms with Crippen molar-refractivity contribution in [3.05, 3.63) is 23.3 Å². The van der Waals surface area contributed by atoms with E-state index in [0.29, 0.717) is 17.4 Å². The van der Waals surface area contributed by atoms with E-state index in [2.05, 4.69) is 10.0 Å². The summed E-state index contributed by atoms with van der Waals surface area (Å²) in [5.74, 6) is 0.513. The first-order chi connectivity index (χ1) is 10.1. The molecule has 1 saturated carbocycles. The van der Waals surface area contributed by atoms with Gasteiger partial charge in [0.25, 0.3) is 0 Å². The molecular formula is C16H24N2O2S. The Morgan fingerprint density at radius 3 is 2.76 bits per heavy atom. The Morgan fingerprint density at radius 1 is 1.24 bits per heavy atom. The highest BCUT2D eigenvalue weighted by molar-refractivity contribution is 7.89. The smallest absolute Gasteiger partial charge is 0.240 e. The molecule has 0 atom stereocenters. The Balaban J connectivity index is 1.84. The molecule has 2 N–H and O–H groups in total. The van der Waals surface area contributed by atoms with E-state index in [4.69, 9.17) is 0 Å². The van der Waals surface area contributed by atoms with E-state index in [9.17, 15) is 8.42 Å². The molecule has 1 aliphatic carbocycles. The van der Waals surface area contributed by atoms with Crippen molar-refractivity contribution in [3.8, 4) is 0 Å². The summed E-state index contributed by atoms with van der Waals surface area (Å²) in [5, 5.41) is 3.35. The fraction of sp³-hybridized carbons (Fsp3) is 0.625. The van der Waals surface area contributed by atoms with E-state index in [0.717, 1.165) is 49.0 Å². The van der Waals surface area contributed by atoms with Gasteiger partial charge in [-0.15, -0.1) is 0 Å². The van der Waals surface area contributed by atoms with Gasteiger partial charge in [-0.1, -0.05) is 18.9 Å². The van der Waals surface area contributed by atoms with Crippen molar-refractivity contribution in [3.63, 3.8) is 0 Å². The summed E-state index contributed by atoms with van der Waals surface area (Å²) in [6.07, 6.45) is 6.59. The zero-order valence-electron chi connectivity index (χ0n) is 12.6. The van der Waals surface area contributed by atoms with Gasteiger partial charge in [-0.2, -0.15) is 0 Å². The fourth-order valence-electron chi connectivity index (χ4n) is 3.49. The van der Waals surface area contributed by atoms with Crippen LogP contribution in [0.15, 0.2) is 17.0 Å². The molecule has 0 amide bonds. The highest BCUT2D eigenvalue weighted by Crippen LogP contribution is 2.32. The summed E-state index contributed by atoms with van der Waals surface area (Å²) < 4.78 is 28.1. The van der Waals surface area contributed by atoms with Crippen LogP contribution in [0.4, 0.5) is 5.69 Å². The molecule has 0 saturated heterocycles. The number of nitrogens with one attached hydrogen (secondary N) is 2. The molecule has 0 unspecified atom stereocenters. The molecule has 1 heterocycles. The molecule has 116 valence electrons.